The lowest BCUT2D eigenvalue weighted by atomic mass is 9.80. The first kappa shape index (κ1) is 23.8. The fraction of sp³-hybridized carbons (Fsp3) is 0.346. The topological polar surface area (TPSA) is 71.4 Å². The SMILES string of the molecule is C=C(CS(=O)(=O)C1C=C2CCCCC2CC(c2ccccc2)S1)c1ccc(F)cc1C(=O)O. The molecule has 0 amide bonds. The van der Waals surface area contributed by atoms with Gasteiger partial charge in [0, 0.05) is 5.25 Å². The van der Waals surface area contributed by atoms with E-state index in [0.717, 1.165) is 49.8 Å². The van der Waals surface area contributed by atoms with Gasteiger partial charge < -0.3 is 5.11 Å². The maximum absolute atomic E-state index is 13.6. The average molecular weight is 487 g/mol. The predicted molar refractivity (Wildman–Crippen MR) is 131 cm³/mol. The normalized spacial score (nSPS) is 23.2. The number of thioether (sulfide) groups is 1. The van der Waals surface area contributed by atoms with Crippen LogP contribution < -0.4 is 0 Å². The lowest BCUT2D eigenvalue weighted by molar-refractivity contribution is 0.0696. The number of rotatable bonds is 6. The minimum Gasteiger partial charge on any atom is -0.478 e. The van der Waals surface area contributed by atoms with Crippen LogP contribution in [0.3, 0.4) is 0 Å². The maximum Gasteiger partial charge on any atom is 0.336 e. The Hall–Kier alpha value is -2.38. The van der Waals surface area contributed by atoms with E-state index in [-0.39, 0.29) is 27.7 Å². The molecule has 3 atom stereocenters. The van der Waals surface area contributed by atoms with Gasteiger partial charge in [-0.25, -0.2) is 17.6 Å². The summed E-state index contributed by atoms with van der Waals surface area (Å²) in [5.41, 5.74) is 2.37. The summed E-state index contributed by atoms with van der Waals surface area (Å²) in [4.78, 5) is 11.6. The van der Waals surface area contributed by atoms with Gasteiger partial charge in [-0.05, 0) is 60.4 Å². The molecule has 7 heteroatoms. The number of hydrogen-bond donors (Lipinski definition) is 1. The Morgan fingerprint density at radius 2 is 1.88 bits per heavy atom. The Kier molecular flexibility index (Phi) is 7.10. The highest BCUT2D eigenvalue weighted by Gasteiger charge is 2.35. The van der Waals surface area contributed by atoms with Crippen molar-refractivity contribution in [3.05, 3.63) is 89.3 Å². The van der Waals surface area contributed by atoms with Gasteiger partial charge in [-0.1, -0.05) is 61.0 Å². The van der Waals surface area contributed by atoms with E-state index >= 15 is 0 Å². The molecule has 1 fully saturated rings. The minimum absolute atomic E-state index is 0.0523. The van der Waals surface area contributed by atoms with Crippen LogP contribution >= 0.6 is 11.8 Å². The summed E-state index contributed by atoms with van der Waals surface area (Å²) < 4.78 is 40.0. The molecule has 4 rings (SSSR count). The number of carboxylic acid groups (broad SMARTS) is 1. The van der Waals surface area contributed by atoms with E-state index in [1.165, 1.54) is 23.4 Å². The summed E-state index contributed by atoms with van der Waals surface area (Å²) in [5, 5.41) is 9.49. The van der Waals surface area contributed by atoms with Crippen LogP contribution in [0.5, 0.6) is 0 Å². The van der Waals surface area contributed by atoms with Crippen LogP contribution in [0.4, 0.5) is 4.39 Å². The Morgan fingerprint density at radius 1 is 1.12 bits per heavy atom. The van der Waals surface area contributed by atoms with E-state index in [9.17, 15) is 22.7 Å². The molecule has 1 saturated carbocycles. The van der Waals surface area contributed by atoms with Crippen LogP contribution in [0.15, 0.2) is 66.8 Å². The van der Waals surface area contributed by atoms with Crippen molar-refractivity contribution in [1.82, 2.24) is 0 Å². The second-order valence-electron chi connectivity index (χ2n) is 8.73. The lowest BCUT2D eigenvalue weighted by Gasteiger charge is -2.26. The molecule has 0 spiro atoms. The van der Waals surface area contributed by atoms with Crippen molar-refractivity contribution >= 4 is 33.1 Å². The summed E-state index contributed by atoms with van der Waals surface area (Å²) in [6, 6.07) is 13.3. The number of carboxylic acids is 1. The molecule has 1 aliphatic carbocycles. The third-order valence-electron chi connectivity index (χ3n) is 6.43. The highest BCUT2D eigenvalue weighted by atomic mass is 32.3. The van der Waals surface area contributed by atoms with Crippen LogP contribution in [-0.2, 0) is 9.84 Å². The number of carbonyl (C=O) groups is 1. The Labute approximate surface area is 198 Å². The molecule has 0 bridgehead atoms. The zero-order valence-corrected chi connectivity index (χ0v) is 19.9. The lowest BCUT2D eigenvalue weighted by Crippen LogP contribution is -2.21. The number of allylic oxidation sites excluding steroid dienone is 1. The van der Waals surface area contributed by atoms with Gasteiger partial charge in [0.15, 0.2) is 9.84 Å². The molecule has 4 nitrogen and oxygen atoms in total. The van der Waals surface area contributed by atoms with Crippen molar-refractivity contribution in [2.24, 2.45) is 5.92 Å². The molecule has 0 saturated heterocycles. The zero-order chi connectivity index (χ0) is 23.6. The van der Waals surface area contributed by atoms with Crippen LogP contribution in [0.1, 0.15) is 58.8 Å². The van der Waals surface area contributed by atoms with Gasteiger partial charge in [-0.15, -0.1) is 11.8 Å². The Bertz CT molecular complexity index is 1190. The van der Waals surface area contributed by atoms with Gasteiger partial charge >= 0.3 is 5.97 Å². The summed E-state index contributed by atoms with van der Waals surface area (Å²) in [6.45, 7) is 3.86. The van der Waals surface area contributed by atoms with Crippen molar-refractivity contribution in [2.45, 2.75) is 41.9 Å². The zero-order valence-electron chi connectivity index (χ0n) is 18.2. The minimum atomic E-state index is -3.70. The molecular weight excluding hydrogens is 459 g/mol. The van der Waals surface area contributed by atoms with Crippen molar-refractivity contribution < 1.29 is 22.7 Å². The molecule has 0 radical (unpaired) electrons. The van der Waals surface area contributed by atoms with Crippen molar-refractivity contribution in [3.8, 4) is 0 Å². The highest BCUT2D eigenvalue weighted by molar-refractivity contribution is 8.14. The first-order valence-electron chi connectivity index (χ1n) is 11.1. The molecule has 1 N–H and O–H groups in total. The third-order valence-corrected chi connectivity index (χ3v) is 10.4. The molecule has 33 heavy (non-hydrogen) atoms. The average Bonchev–Trinajstić information content (AvgIpc) is 2.99. The van der Waals surface area contributed by atoms with Crippen LogP contribution in [-0.4, -0.2) is 29.8 Å². The second-order valence-corrected chi connectivity index (χ2v) is 12.5. The van der Waals surface area contributed by atoms with E-state index in [1.807, 2.05) is 36.4 Å². The number of sulfone groups is 1. The number of fused-ring (bicyclic) bond motifs is 1. The predicted octanol–water partition coefficient (Wildman–Crippen LogP) is 6.27. The number of hydrogen-bond acceptors (Lipinski definition) is 4. The first-order valence-corrected chi connectivity index (χ1v) is 13.7. The van der Waals surface area contributed by atoms with Gasteiger partial charge in [0.05, 0.1) is 11.3 Å². The van der Waals surface area contributed by atoms with Gasteiger partial charge in [0.2, 0.25) is 0 Å². The number of aromatic carboxylic acids is 1. The number of benzene rings is 2. The molecule has 1 heterocycles. The standard InChI is InChI=1S/C26H27FO4S2/c1-17(22-12-11-21(27)15-23(22)26(28)29)16-33(30,31)25-14-20-10-6-5-9-19(20)13-24(32-25)18-7-3-2-4-8-18/h2-4,7-8,11-12,14-15,19,24-25H,1,5-6,9-10,13,16H2,(H,28,29). The monoisotopic (exact) mass is 486 g/mol. The summed E-state index contributed by atoms with van der Waals surface area (Å²) >= 11 is 1.45. The quantitative estimate of drug-likeness (QED) is 0.487. The summed E-state index contributed by atoms with van der Waals surface area (Å²) in [6.07, 6.45) is 7.07. The van der Waals surface area contributed by atoms with E-state index < -0.39 is 26.2 Å². The molecule has 2 aromatic rings. The summed E-state index contributed by atoms with van der Waals surface area (Å²) in [7, 11) is -3.70. The number of halogens is 1. The largest absolute Gasteiger partial charge is 0.478 e. The van der Waals surface area contributed by atoms with E-state index in [1.54, 1.807) is 0 Å². The van der Waals surface area contributed by atoms with Crippen LogP contribution in [0, 0.1) is 11.7 Å². The van der Waals surface area contributed by atoms with Gasteiger partial charge in [0.1, 0.15) is 10.4 Å². The molecule has 1 aliphatic heterocycles. The maximum atomic E-state index is 13.6. The van der Waals surface area contributed by atoms with E-state index in [4.69, 9.17) is 0 Å². The Morgan fingerprint density at radius 3 is 2.61 bits per heavy atom. The smallest absolute Gasteiger partial charge is 0.336 e. The van der Waals surface area contributed by atoms with Crippen molar-refractivity contribution in [1.29, 1.82) is 0 Å². The van der Waals surface area contributed by atoms with Crippen LogP contribution in [0.2, 0.25) is 0 Å². The molecule has 0 aromatic heterocycles. The van der Waals surface area contributed by atoms with Gasteiger partial charge in [0.25, 0.3) is 0 Å². The molecular formula is C26H27FO4S2. The third kappa shape index (κ3) is 5.41. The van der Waals surface area contributed by atoms with E-state index in [0.29, 0.717) is 5.92 Å². The summed E-state index contributed by atoms with van der Waals surface area (Å²) in [5.74, 6) is -2.00. The Balaban J connectivity index is 1.65. The fourth-order valence-corrected chi connectivity index (χ4v) is 8.47. The first-order chi connectivity index (χ1) is 15.7. The molecule has 2 aliphatic rings. The highest BCUT2D eigenvalue weighted by Crippen LogP contribution is 2.48. The van der Waals surface area contributed by atoms with E-state index in [2.05, 4.69) is 6.58 Å². The molecule has 3 unspecified atom stereocenters. The van der Waals surface area contributed by atoms with Crippen LogP contribution in [0.25, 0.3) is 5.57 Å². The second kappa shape index (κ2) is 9.85. The van der Waals surface area contributed by atoms with Gasteiger partial charge in [-0.3, -0.25) is 0 Å². The molecule has 2 aromatic carbocycles. The van der Waals surface area contributed by atoms with Gasteiger partial charge in [-0.2, -0.15) is 0 Å². The molecule has 174 valence electrons. The van der Waals surface area contributed by atoms with Crippen molar-refractivity contribution in [2.75, 3.05) is 5.75 Å². The fourth-order valence-electron chi connectivity index (χ4n) is 4.76. The van der Waals surface area contributed by atoms with Crippen molar-refractivity contribution in [3.63, 3.8) is 0 Å².